The SMILES string of the molecule is CCOc1ccccc1OCC(=O)NCC(Cc1ccccc1)C(=O)O. The summed E-state index contributed by atoms with van der Waals surface area (Å²) in [5.41, 5.74) is 0.913. The Kier molecular flexibility index (Phi) is 7.49. The monoisotopic (exact) mass is 357 g/mol. The number of nitrogens with one attached hydrogen (secondary N) is 1. The molecule has 1 atom stereocenters. The molecular formula is C20H23NO5. The van der Waals surface area contributed by atoms with Crippen LogP contribution in [0, 0.1) is 5.92 Å². The molecule has 138 valence electrons. The van der Waals surface area contributed by atoms with Crippen molar-refractivity contribution in [3.63, 3.8) is 0 Å². The lowest BCUT2D eigenvalue weighted by Crippen LogP contribution is -2.36. The van der Waals surface area contributed by atoms with Crippen molar-refractivity contribution < 1.29 is 24.2 Å². The van der Waals surface area contributed by atoms with Crippen LogP contribution in [0.3, 0.4) is 0 Å². The van der Waals surface area contributed by atoms with Crippen molar-refractivity contribution in [2.24, 2.45) is 5.92 Å². The van der Waals surface area contributed by atoms with E-state index in [4.69, 9.17) is 9.47 Å². The van der Waals surface area contributed by atoms with Gasteiger partial charge in [0.2, 0.25) is 0 Å². The highest BCUT2D eigenvalue weighted by Gasteiger charge is 2.19. The van der Waals surface area contributed by atoms with Gasteiger partial charge in [0, 0.05) is 6.54 Å². The zero-order chi connectivity index (χ0) is 18.8. The molecule has 0 fully saturated rings. The fourth-order valence-corrected chi connectivity index (χ4v) is 2.42. The molecule has 2 N–H and O–H groups in total. The molecule has 0 aliphatic rings. The van der Waals surface area contributed by atoms with E-state index >= 15 is 0 Å². The molecule has 0 aromatic heterocycles. The first-order valence-corrected chi connectivity index (χ1v) is 8.48. The number of carbonyl (C=O) groups excluding carboxylic acids is 1. The molecule has 0 radical (unpaired) electrons. The first-order chi connectivity index (χ1) is 12.6. The Morgan fingerprint density at radius 3 is 2.23 bits per heavy atom. The first-order valence-electron chi connectivity index (χ1n) is 8.48. The number of aliphatic carboxylic acids is 1. The van der Waals surface area contributed by atoms with Crippen LogP contribution in [0.5, 0.6) is 11.5 Å². The van der Waals surface area contributed by atoms with Gasteiger partial charge in [-0.1, -0.05) is 42.5 Å². The van der Waals surface area contributed by atoms with Gasteiger partial charge in [-0.3, -0.25) is 9.59 Å². The standard InChI is InChI=1S/C20H23NO5/c1-2-25-17-10-6-7-11-18(17)26-14-19(22)21-13-16(20(23)24)12-15-8-4-3-5-9-15/h3-11,16H,2,12-14H2,1H3,(H,21,22)(H,23,24). The molecular weight excluding hydrogens is 334 g/mol. The molecule has 0 heterocycles. The van der Waals surface area contributed by atoms with Gasteiger partial charge >= 0.3 is 5.97 Å². The number of carbonyl (C=O) groups is 2. The Balaban J connectivity index is 1.84. The van der Waals surface area contributed by atoms with Gasteiger partial charge in [0.25, 0.3) is 5.91 Å². The molecule has 26 heavy (non-hydrogen) atoms. The van der Waals surface area contributed by atoms with Crippen LogP contribution in [0.2, 0.25) is 0 Å². The second-order valence-corrected chi connectivity index (χ2v) is 5.70. The van der Waals surface area contributed by atoms with Crippen molar-refractivity contribution in [3.8, 4) is 11.5 Å². The predicted octanol–water partition coefficient (Wildman–Crippen LogP) is 2.52. The minimum absolute atomic E-state index is 0.0412. The second-order valence-electron chi connectivity index (χ2n) is 5.70. The number of benzene rings is 2. The van der Waals surface area contributed by atoms with E-state index in [1.54, 1.807) is 18.2 Å². The van der Waals surface area contributed by atoms with Gasteiger partial charge in [-0.2, -0.15) is 0 Å². The lowest BCUT2D eigenvalue weighted by atomic mass is 9.99. The molecule has 6 nitrogen and oxygen atoms in total. The third-order valence-corrected chi connectivity index (χ3v) is 3.73. The lowest BCUT2D eigenvalue weighted by Gasteiger charge is -2.15. The number of rotatable bonds is 10. The summed E-state index contributed by atoms with van der Waals surface area (Å²) in [6.07, 6.45) is 0.352. The van der Waals surface area contributed by atoms with Crippen molar-refractivity contribution >= 4 is 11.9 Å². The van der Waals surface area contributed by atoms with E-state index in [1.807, 2.05) is 43.3 Å². The molecule has 0 aliphatic carbocycles. The molecule has 6 heteroatoms. The Morgan fingerprint density at radius 2 is 1.62 bits per heavy atom. The summed E-state index contributed by atoms with van der Waals surface area (Å²) in [5.74, 6) is -0.983. The molecule has 1 unspecified atom stereocenters. The van der Waals surface area contributed by atoms with Crippen LogP contribution < -0.4 is 14.8 Å². The van der Waals surface area contributed by atoms with E-state index in [0.717, 1.165) is 5.56 Å². The van der Waals surface area contributed by atoms with E-state index in [1.165, 1.54) is 0 Å². The van der Waals surface area contributed by atoms with Crippen LogP contribution >= 0.6 is 0 Å². The fraction of sp³-hybridized carbons (Fsp3) is 0.300. The summed E-state index contributed by atoms with van der Waals surface area (Å²) in [5, 5.41) is 12.0. The minimum Gasteiger partial charge on any atom is -0.490 e. The van der Waals surface area contributed by atoms with Crippen molar-refractivity contribution in [2.45, 2.75) is 13.3 Å². The van der Waals surface area contributed by atoms with Crippen LogP contribution in [0.25, 0.3) is 0 Å². The third-order valence-electron chi connectivity index (χ3n) is 3.73. The maximum absolute atomic E-state index is 12.0. The van der Waals surface area contributed by atoms with Crippen LogP contribution in [0.1, 0.15) is 12.5 Å². The Morgan fingerprint density at radius 1 is 1.00 bits per heavy atom. The van der Waals surface area contributed by atoms with Gasteiger partial charge in [0.05, 0.1) is 12.5 Å². The lowest BCUT2D eigenvalue weighted by molar-refractivity contribution is -0.141. The van der Waals surface area contributed by atoms with Crippen molar-refractivity contribution in [1.29, 1.82) is 0 Å². The Labute approximate surface area is 152 Å². The average Bonchev–Trinajstić information content (AvgIpc) is 2.65. The van der Waals surface area contributed by atoms with E-state index in [-0.39, 0.29) is 19.1 Å². The molecule has 2 rings (SSSR count). The number of ether oxygens (including phenoxy) is 2. The number of amides is 1. The van der Waals surface area contributed by atoms with E-state index < -0.39 is 11.9 Å². The maximum Gasteiger partial charge on any atom is 0.308 e. The molecule has 0 saturated carbocycles. The highest BCUT2D eigenvalue weighted by atomic mass is 16.5. The van der Waals surface area contributed by atoms with Crippen molar-refractivity contribution in [3.05, 3.63) is 60.2 Å². The highest BCUT2D eigenvalue weighted by molar-refractivity contribution is 5.78. The quantitative estimate of drug-likeness (QED) is 0.682. The zero-order valence-electron chi connectivity index (χ0n) is 14.7. The van der Waals surface area contributed by atoms with Crippen LogP contribution in [-0.2, 0) is 16.0 Å². The van der Waals surface area contributed by atoms with Gasteiger partial charge in [0.15, 0.2) is 18.1 Å². The Bertz CT molecular complexity index is 717. The second kappa shape index (κ2) is 10.1. The molecule has 0 aliphatic heterocycles. The van der Waals surface area contributed by atoms with Gasteiger partial charge in [-0.15, -0.1) is 0 Å². The largest absolute Gasteiger partial charge is 0.490 e. The molecule has 2 aromatic rings. The van der Waals surface area contributed by atoms with E-state index in [9.17, 15) is 14.7 Å². The molecule has 2 aromatic carbocycles. The average molecular weight is 357 g/mol. The summed E-state index contributed by atoms with van der Waals surface area (Å²) in [7, 11) is 0. The van der Waals surface area contributed by atoms with Crippen LogP contribution in [0.4, 0.5) is 0 Å². The van der Waals surface area contributed by atoms with Gasteiger partial charge in [-0.25, -0.2) is 0 Å². The molecule has 0 spiro atoms. The van der Waals surface area contributed by atoms with Gasteiger partial charge in [0.1, 0.15) is 0 Å². The van der Waals surface area contributed by atoms with Crippen LogP contribution in [-0.4, -0.2) is 36.7 Å². The minimum atomic E-state index is -0.947. The van der Waals surface area contributed by atoms with E-state index in [0.29, 0.717) is 24.5 Å². The summed E-state index contributed by atoms with van der Waals surface area (Å²) >= 11 is 0. The summed E-state index contributed by atoms with van der Waals surface area (Å²) in [6.45, 7) is 2.19. The summed E-state index contributed by atoms with van der Waals surface area (Å²) in [6, 6.07) is 16.4. The van der Waals surface area contributed by atoms with Crippen molar-refractivity contribution in [1.82, 2.24) is 5.32 Å². The number of hydrogen-bond donors (Lipinski definition) is 2. The van der Waals surface area contributed by atoms with Gasteiger partial charge in [-0.05, 0) is 31.0 Å². The normalized spacial score (nSPS) is 11.4. The van der Waals surface area contributed by atoms with Gasteiger partial charge < -0.3 is 19.9 Å². The first kappa shape index (κ1) is 19.3. The topological polar surface area (TPSA) is 84.9 Å². The third kappa shape index (κ3) is 6.12. The molecule has 1 amide bonds. The summed E-state index contributed by atoms with van der Waals surface area (Å²) in [4.78, 5) is 23.4. The molecule has 0 bridgehead atoms. The number of carboxylic acids is 1. The fourth-order valence-electron chi connectivity index (χ4n) is 2.42. The summed E-state index contributed by atoms with van der Waals surface area (Å²) < 4.78 is 10.9. The molecule has 0 saturated heterocycles. The number of carboxylic acid groups (broad SMARTS) is 1. The van der Waals surface area contributed by atoms with Crippen LogP contribution in [0.15, 0.2) is 54.6 Å². The Hall–Kier alpha value is -3.02. The smallest absolute Gasteiger partial charge is 0.308 e. The number of hydrogen-bond acceptors (Lipinski definition) is 4. The predicted molar refractivity (Wildman–Crippen MR) is 97.4 cm³/mol. The van der Waals surface area contributed by atoms with Crippen molar-refractivity contribution in [2.75, 3.05) is 19.8 Å². The highest BCUT2D eigenvalue weighted by Crippen LogP contribution is 2.26. The number of para-hydroxylation sites is 2. The van der Waals surface area contributed by atoms with E-state index in [2.05, 4.69) is 5.32 Å². The zero-order valence-corrected chi connectivity index (χ0v) is 14.7. The maximum atomic E-state index is 12.0.